The predicted octanol–water partition coefficient (Wildman–Crippen LogP) is 6.13. The van der Waals surface area contributed by atoms with E-state index in [1.54, 1.807) is 49.6 Å². The molecule has 2 aliphatic carbocycles. The first-order valence-corrected chi connectivity index (χ1v) is 16.4. The fourth-order valence-electron chi connectivity index (χ4n) is 8.66. The Kier molecular flexibility index (Phi) is 7.05. The Morgan fingerprint density at radius 1 is 0.917 bits per heavy atom. The van der Waals surface area contributed by atoms with Gasteiger partial charge in [-0.2, -0.15) is 5.01 Å². The number of hydrazine groups is 1. The van der Waals surface area contributed by atoms with E-state index in [0.29, 0.717) is 39.2 Å². The highest BCUT2D eigenvalue weighted by atomic mass is 35.5. The van der Waals surface area contributed by atoms with E-state index < -0.39 is 46.8 Å². The molecule has 0 bridgehead atoms. The van der Waals surface area contributed by atoms with Crippen LogP contribution in [0, 0.1) is 23.7 Å². The number of carbonyl (C=O) groups excluding carboxylic acids is 4. The second-order valence-corrected chi connectivity index (χ2v) is 13.6. The van der Waals surface area contributed by atoms with Crippen molar-refractivity contribution >= 4 is 63.3 Å². The molecule has 11 heteroatoms. The van der Waals surface area contributed by atoms with Crippen LogP contribution in [-0.4, -0.2) is 40.9 Å². The van der Waals surface area contributed by atoms with Gasteiger partial charge in [0, 0.05) is 16.3 Å². The summed E-state index contributed by atoms with van der Waals surface area (Å²) in [5, 5.41) is 16.4. The number of hydrogen-bond donors (Lipinski definition) is 3. The van der Waals surface area contributed by atoms with Crippen molar-refractivity contribution in [2.75, 3.05) is 12.5 Å². The summed E-state index contributed by atoms with van der Waals surface area (Å²) in [6.07, 6.45) is 2.46. The summed E-state index contributed by atoms with van der Waals surface area (Å²) in [5.41, 5.74) is 3.94. The van der Waals surface area contributed by atoms with Gasteiger partial charge in [-0.1, -0.05) is 77.3 Å². The minimum Gasteiger partial charge on any atom is -0.507 e. The molecule has 4 aromatic carbocycles. The number of fused-ring (bicyclic) bond motifs is 5. The number of ether oxygens (including phenoxy) is 1. The number of allylic oxidation sites excluding steroid dienone is 2. The summed E-state index contributed by atoms with van der Waals surface area (Å²) in [7, 11) is 1.55. The van der Waals surface area contributed by atoms with Crippen LogP contribution in [0.5, 0.6) is 11.5 Å². The van der Waals surface area contributed by atoms with Crippen molar-refractivity contribution in [3.63, 3.8) is 0 Å². The third-order valence-electron chi connectivity index (χ3n) is 10.7. The van der Waals surface area contributed by atoms with Crippen LogP contribution in [0.25, 0.3) is 10.8 Å². The minimum absolute atomic E-state index is 0.0738. The molecule has 0 aromatic heterocycles. The number of rotatable bonds is 5. The molecular formula is C37H29Cl2N3O6. The first-order chi connectivity index (χ1) is 23.1. The van der Waals surface area contributed by atoms with E-state index in [0.717, 1.165) is 16.1 Å². The zero-order valence-electron chi connectivity index (χ0n) is 25.6. The zero-order chi connectivity index (χ0) is 33.5. The van der Waals surface area contributed by atoms with Crippen LogP contribution in [0.1, 0.15) is 29.9 Å². The van der Waals surface area contributed by atoms with Crippen LogP contribution in [0.3, 0.4) is 0 Å². The van der Waals surface area contributed by atoms with Gasteiger partial charge in [0.2, 0.25) is 11.8 Å². The smallest absolute Gasteiger partial charge is 0.260 e. The van der Waals surface area contributed by atoms with Crippen molar-refractivity contribution < 1.29 is 29.0 Å². The highest BCUT2D eigenvalue weighted by Gasteiger charge is 2.70. The number of nitrogens with one attached hydrogen (secondary N) is 2. The first kappa shape index (κ1) is 30.5. The second-order valence-electron chi connectivity index (χ2n) is 12.8. The number of carbonyl (C=O) groups is 4. The van der Waals surface area contributed by atoms with Crippen molar-refractivity contribution in [1.29, 1.82) is 0 Å². The second kappa shape index (κ2) is 11.1. The van der Waals surface area contributed by atoms with Gasteiger partial charge in [-0.25, -0.2) is 0 Å². The Morgan fingerprint density at radius 2 is 1.67 bits per heavy atom. The average molecular weight is 683 g/mol. The molecule has 0 spiro atoms. The Hall–Kier alpha value is -4.86. The summed E-state index contributed by atoms with van der Waals surface area (Å²) in [5.74, 6) is -4.48. The van der Waals surface area contributed by atoms with Gasteiger partial charge in [0.1, 0.15) is 11.5 Å². The molecule has 0 unspecified atom stereocenters. The maximum Gasteiger partial charge on any atom is 0.260 e. The summed E-state index contributed by atoms with van der Waals surface area (Å²) >= 11 is 12.7. The van der Waals surface area contributed by atoms with Gasteiger partial charge in [-0.15, -0.1) is 0 Å². The lowest BCUT2D eigenvalue weighted by atomic mass is 9.49. The maximum absolute atomic E-state index is 15.3. The van der Waals surface area contributed by atoms with Crippen LogP contribution < -0.4 is 15.5 Å². The predicted molar refractivity (Wildman–Crippen MR) is 179 cm³/mol. The molecule has 2 saturated heterocycles. The van der Waals surface area contributed by atoms with E-state index in [9.17, 15) is 19.5 Å². The van der Waals surface area contributed by atoms with Gasteiger partial charge in [-0.05, 0) is 71.7 Å². The maximum atomic E-state index is 15.3. The van der Waals surface area contributed by atoms with Crippen LogP contribution in [0.15, 0.2) is 90.5 Å². The molecule has 4 aliphatic rings. The Morgan fingerprint density at radius 3 is 2.40 bits per heavy atom. The normalized spacial score (nSPS) is 27.7. The fourth-order valence-corrected chi connectivity index (χ4v) is 9.11. The van der Waals surface area contributed by atoms with Gasteiger partial charge >= 0.3 is 0 Å². The summed E-state index contributed by atoms with van der Waals surface area (Å²) in [4.78, 5) is 56.4. The van der Waals surface area contributed by atoms with E-state index in [4.69, 9.17) is 27.9 Å². The highest BCUT2D eigenvalue weighted by Crippen LogP contribution is 2.64. The minimum atomic E-state index is -1.50. The van der Waals surface area contributed by atoms with E-state index in [1.807, 2.05) is 36.4 Å². The van der Waals surface area contributed by atoms with Crippen molar-refractivity contribution in [2.45, 2.75) is 24.2 Å². The van der Waals surface area contributed by atoms with Crippen LogP contribution in [0.4, 0.5) is 5.69 Å². The number of aromatic hydroxyl groups is 1. The van der Waals surface area contributed by atoms with E-state index >= 15 is 4.79 Å². The topological polar surface area (TPSA) is 125 Å². The van der Waals surface area contributed by atoms with Crippen molar-refractivity contribution in [3.05, 3.63) is 112 Å². The standard InChI is InChI=1S/C37H29Cl2N3O6/c1-48-20-9-6-18(7-10-20)37-27(35(46)42(36(37)47)41-29-14-8-19(38)16-28(29)39)17-26-24(11-12-25-31(26)34(45)40-33(25)44)32(37)23-13-15-30(43)22-5-3-2-4-21(22)23/h2-11,13-16,25-27,31-32,41,43H,12,17H2,1H3,(H,40,44,45)/t25-,26+,27-,31-,32-,37+/m0/s1. The van der Waals surface area contributed by atoms with E-state index in [-0.39, 0.29) is 29.0 Å². The lowest BCUT2D eigenvalue weighted by molar-refractivity contribution is -0.138. The molecule has 3 N–H and O–H groups in total. The van der Waals surface area contributed by atoms with Crippen LogP contribution in [0.2, 0.25) is 10.0 Å². The number of methoxy groups -OCH3 is 1. The number of halogens is 2. The molecule has 48 heavy (non-hydrogen) atoms. The van der Waals surface area contributed by atoms with Crippen molar-refractivity contribution in [3.8, 4) is 11.5 Å². The van der Waals surface area contributed by atoms with Gasteiger partial charge in [-0.3, -0.25) is 29.9 Å². The monoisotopic (exact) mass is 681 g/mol. The van der Waals surface area contributed by atoms with Gasteiger partial charge in [0.05, 0.1) is 41.0 Å². The number of hydrogen-bond acceptors (Lipinski definition) is 7. The molecule has 0 radical (unpaired) electrons. The van der Waals surface area contributed by atoms with Gasteiger partial charge in [0.25, 0.3) is 11.8 Å². The number of phenolic OH excluding ortho intramolecular Hbond substituents is 1. The number of nitrogens with zero attached hydrogens (tertiary/aromatic N) is 1. The van der Waals surface area contributed by atoms with Crippen LogP contribution >= 0.6 is 23.2 Å². The number of imide groups is 2. The number of amides is 4. The zero-order valence-corrected chi connectivity index (χ0v) is 27.1. The van der Waals surface area contributed by atoms with E-state index in [2.05, 4.69) is 10.7 Å². The molecule has 8 rings (SSSR count). The largest absolute Gasteiger partial charge is 0.507 e. The fraction of sp³-hybridized carbons (Fsp3) is 0.243. The highest BCUT2D eigenvalue weighted by molar-refractivity contribution is 6.36. The van der Waals surface area contributed by atoms with E-state index in [1.165, 1.54) is 6.07 Å². The molecule has 2 aliphatic heterocycles. The van der Waals surface area contributed by atoms with Crippen molar-refractivity contribution in [2.24, 2.45) is 23.7 Å². The summed E-state index contributed by atoms with van der Waals surface area (Å²) in [6, 6.07) is 22.6. The lowest BCUT2D eigenvalue weighted by Gasteiger charge is -2.51. The SMILES string of the molecule is COc1ccc([C@@]23C(=O)N(Nc4ccc(Cl)cc4Cl)C(=O)[C@@H]2C[C@@H]2C(=CC[C@@H]4C(=O)NC(=O)[C@@H]42)[C@@H]3c2ccc(O)c3ccccc23)cc1. The third-order valence-corrected chi connectivity index (χ3v) is 11.2. The quantitative estimate of drug-likeness (QED) is 0.171. The Balaban J connectivity index is 1.41. The first-order valence-electron chi connectivity index (χ1n) is 15.6. The third kappa shape index (κ3) is 4.23. The van der Waals surface area contributed by atoms with Gasteiger partial charge < -0.3 is 9.84 Å². The summed E-state index contributed by atoms with van der Waals surface area (Å²) in [6.45, 7) is 0. The Labute approximate surface area is 285 Å². The van der Waals surface area contributed by atoms with Gasteiger partial charge in [0.15, 0.2) is 0 Å². The molecular weight excluding hydrogens is 653 g/mol. The van der Waals surface area contributed by atoms with Crippen molar-refractivity contribution in [1.82, 2.24) is 10.3 Å². The molecule has 9 nitrogen and oxygen atoms in total. The molecule has 1 saturated carbocycles. The summed E-state index contributed by atoms with van der Waals surface area (Å²) < 4.78 is 5.46. The molecule has 242 valence electrons. The lowest BCUT2D eigenvalue weighted by Crippen LogP contribution is -2.53. The molecule has 2 heterocycles. The molecule has 4 aromatic rings. The Bertz CT molecular complexity index is 2100. The molecule has 6 atom stereocenters. The van der Waals surface area contributed by atoms with Crippen LogP contribution in [-0.2, 0) is 24.6 Å². The number of anilines is 1. The molecule has 4 amide bonds. The average Bonchev–Trinajstić information content (AvgIpc) is 3.50. The number of benzene rings is 4. The number of phenols is 1. The molecule has 3 fully saturated rings.